The number of rotatable bonds is 8. The minimum atomic E-state index is -0.635. The molecule has 0 saturated carbocycles. The Bertz CT molecular complexity index is 1370. The minimum absolute atomic E-state index is 0.0529. The van der Waals surface area contributed by atoms with E-state index < -0.39 is 12.0 Å². The second-order valence-electron chi connectivity index (χ2n) is 9.71. The van der Waals surface area contributed by atoms with Crippen LogP contribution >= 0.6 is 11.8 Å². The van der Waals surface area contributed by atoms with Gasteiger partial charge in [0.1, 0.15) is 11.5 Å². The topological polar surface area (TPSA) is 83.9 Å². The molecule has 5 rings (SSSR count). The third kappa shape index (κ3) is 5.46. The number of amides is 1. The molecular weight excluding hydrogens is 528 g/mol. The van der Waals surface area contributed by atoms with Crippen LogP contribution in [-0.2, 0) is 14.3 Å². The molecule has 1 saturated heterocycles. The van der Waals surface area contributed by atoms with E-state index in [-0.39, 0.29) is 18.9 Å². The van der Waals surface area contributed by atoms with Gasteiger partial charge < -0.3 is 28.9 Å². The third-order valence-electron chi connectivity index (χ3n) is 7.28. The first-order chi connectivity index (χ1) is 19.4. The second kappa shape index (κ2) is 12.2. The van der Waals surface area contributed by atoms with E-state index in [0.717, 1.165) is 29.9 Å². The Morgan fingerprint density at radius 2 is 1.77 bits per heavy atom. The Kier molecular flexibility index (Phi) is 8.46. The highest BCUT2D eigenvalue weighted by Crippen LogP contribution is 2.49. The lowest BCUT2D eigenvalue weighted by molar-refractivity contribution is -0.139. The fourth-order valence-corrected chi connectivity index (χ4v) is 6.07. The molecule has 10 heteroatoms. The number of benzene rings is 2. The molecule has 40 heavy (non-hydrogen) atoms. The average molecular weight is 563 g/mol. The summed E-state index contributed by atoms with van der Waals surface area (Å²) in [4.78, 5) is 38.3. The van der Waals surface area contributed by atoms with Crippen LogP contribution in [0.1, 0.15) is 30.5 Å². The van der Waals surface area contributed by atoms with Crippen LogP contribution in [0.3, 0.4) is 0 Å². The van der Waals surface area contributed by atoms with Crippen molar-refractivity contribution >= 4 is 34.5 Å². The fraction of sp³-hybridized carbons (Fsp3) is 0.367. The van der Waals surface area contributed by atoms with Gasteiger partial charge >= 0.3 is 5.97 Å². The molecule has 1 amide bonds. The maximum absolute atomic E-state index is 13.7. The number of carbonyl (C=O) groups excluding carboxylic acids is 2. The zero-order valence-corrected chi connectivity index (χ0v) is 24.1. The number of amidine groups is 1. The Balaban J connectivity index is 1.63. The smallest absolute Gasteiger partial charge is 0.338 e. The number of aliphatic imine (C=N–C) groups is 1. The van der Waals surface area contributed by atoms with Crippen LogP contribution in [0.5, 0.6) is 11.5 Å². The van der Waals surface area contributed by atoms with Crippen LogP contribution in [0.4, 0.5) is 0 Å². The fourth-order valence-electron chi connectivity index (χ4n) is 5.15. The van der Waals surface area contributed by atoms with Crippen LogP contribution in [0.25, 0.3) is 5.70 Å². The zero-order valence-electron chi connectivity index (χ0n) is 23.3. The van der Waals surface area contributed by atoms with Gasteiger partial charge in [0.25, 0.3) is 0 Å². The lowest BCUT2D eigenvalue weighted by atomic mass is 9.90. The SMILES string of the molecule is CCOC(=O)C1=C(c2ccccc2)N=C2SC=C(CC(=O)N3CCN(C)CC3)N2[C@@H]1c1ccc(OC)cc1OC. The van der Waals surface area contributed by atoms with E-state index in [1.807, 2.05) is 57.7 Å². The maximum Gasteiger partial charge on any atom is 0.338 e. The number of likely N-dealkylation sites (N-methyl/N-ethyl adjacent to an activating group) is 1. The van der Waals surface area contributed by atoms with Gasteiger partial charge in [-0.25, -0.2) is 9.79 Å². The van der Waals surface area contributed by atoms with Crippen LogP contribution < -0.4 is 9.47 Å². The molecule has 0 bridgehead atoms. The van der Waals surface area contributed by atoms with Gasteiger partial charge in [-0.3, -0.25) is 4.79 Å². The summed E-state index contributed by atoms with van der Waals surface area (Å²) < 4.78 is 16.9. The number of piperazine rings is 1. The molecule has 0 aliphatic carbocycles. The van der Waals surface area contributed by atoms with Crippen LogP contribution in [0.15, 0.2) is 70.2 Å². The number of methoxy groups -OCH3 is 2. The first-order valence-electron chi connectivity index (χ1n) is 13.3. The number of hydrogen-bond donors (Lipinski definition) is 0. The van der Waals surface area contributed by atoms with Crippen molar-refractivity contribution in [1.29, 1.82) is 0 Å². The lowest BCUT2D eigenvalue weighted by Crippen LogP contribution is -2.47. The van der Waals surface area contributed by atoms with Crippen molar-refractivity contribution in [3.05, 3.63) is 76.3 Å². The molecule has 210 valence electrons. The van der Waals surface area contributed by atoms with Gasteiger partial charge in [-0.1, -0.05) is 42.1 Å². The summed E-state index contributed by atoms with van der Waals surface area (Å²) >= 11 is 1.45. The number of thioether (sulfide) groups is 1. The minimum Gasteiger partial charge on any atom is -0.497 e. The molecule has 0 radical (unpaired) electrons. The number of carbonyl (C=O) groups is 2. The Hall–Kier alpha value is -3.76. The highest BCUT2D eigenvalue weighted by molar-refractivity contribution is 8.16. The van der Waals surface area contributed by atoms with E-state index >= 15 is 0 Å². The molecular formula is C30H34N4O5S. The maximum atomic E-state index is 13.7. The van der Waals surface area contributed by atoms with Crippen molar-refractivity contribution in [1.82, 2.24) is 14.7 Å². The Morgan fingerprint density at radius 1 is 1.02 bits per heavy atom. The van der Waals surface area contributed by atoms with Crippen LogP contribution in [0.2, 0.25) is 0 Å². The molecule has 0 N–H and O–H groups in total. The molecule has 0 unspecified atom stereocenters. The standard InChI is InChI=1S/C30H34N4O5S/c1-5-39-29(36)26-27(20-9-7-6-8-10-20)31-30-34(28(26)23-12-11-22(37-3)18-24(23)38-4)21(19-40-30)17-25(35)33-15-13-32(2)14-16-33/h6-12,18-19,28H,5,13-17H2,1-4H3/t28-/m1/s1. The molecule has 2 aromatic rings. The van der Waals surface area contributed by atoms with Crippen molar-refractivity contribution in [2.75, 3.05) is 54.1 Å². The number of hydrogen-bond acceptors (Lipinski definition) is 9. The number of fused-ring (bicyclic) bond motifs is 1. The molecule has 0 spiro atoms. The molecule has 3 aliphatic heterocycles. The van der Waals surface area contributed by atoms with Gasteiger partial charge in [-0.15, -0.1) is 0 Å². The highest BCUT2D eigenvalue weighted by atomic mass is 32.2. The van der Waals surface area contributed by atoms with Crippen LogP contribution in [-0.4, -0.2) is 85.8 Å². The highest BCUT2D eigenvalue weighted by Gasteiger charge is 2.43. The first-order valence-corrected chi connectivity index (χ1v) is 14.2. The van der Waals surface area contributed by atoms with E-state index in [1.165, 1.54) is 11.8 Å². The van der Waals surface area contributed by atoms with Gasteiger partial charge in [-0.05, 0) is 31.5 Å². The summed E-state index contributed by atoms with van der Waals surface area (Å²) in [6.45, 7) is 5.08. The molecule has 2 aromatic carbocycles. The van der Waals surface area contributed by atoms with Crippen molar-refractivity contribution < 1.29 is 23.8 Å². The first kappa shape index (κ1) is 27.8. The van der Waals surface area contributed by atoms with Gasteiger partial charge in [-0.2, -0.15) is 0 Å². The van der Waals surface area contributed by atoms with E-state index in [9.17, 15) is 9.59 Å². The monoisotopic (exact) mass is 562 g/mol. The molecule has 9 nitrogen and oxygen atoms in total. The predicted octanol–water partition coefficient (Wildman–Crippen LogP) is 4.14. The van der Waals surface area contributed by atoms with E-state index in [1.54, 1.807) is 27.2 Å². The largest absolute Gasteiger partial charge is 0.497 e. The summed E-state index contributed by atoms with van der Waals surface area (Å²) in [7, 11) is 5.25. The number of ether oxygens (including phenoxy) is 3. The van der Waals surface area contributed by atoms with Gasteiger partial charge in [0.2, 0.25) is 5.91 Å². The van der Waals surface area contributed by atoms with E-state index in [4.69, 9.17) is 19.2 Å². The van der Waals surface area contributed by atoms with E-state index in [2.05, 4.69) is 11.9 Å². The van der Waals surface area contributed by atoms with Crippen molar-refractivity contribution in [2.24, 2.45) is 4.99 Å². The summed E-state index contributed by atoms with van der Waals surface area (Å²) in [5.74, 6) is 0.777. The molecule has 3 aliphatic rings. The average Bonchev–Trinajstić information content (AvgIpc) is 3.38. The van der Waals surface area contributed by atoms with Crippen LogP contribution in [0, 0.1) is 0 Å². The summed E-state index contributed by atoms with van der Waals surface area (Å²) in [5, 5.41) is 2.66. The summed E-state index contributed by atoms with van der Waals surface area (Å²) in [6.07, 6.45) is 0.196. The molecule has 1 fully saturated rings. The Labute approximate surface area is 239 Å². The zero-order chi connectivity index (χ0) is 28.2. The number of nitrogens with zero attached hydrogens (tertiary/aromatic N) is 4. The summed E-state index contributed by atoms with van der Waals surface area (Å²) in [6, 6.07) is 14.5. The second-order valence-corrected chi connectivity index (χ2v) is 10.5. The van der Waals surface area contributed by atoms with E-state index in [0.29, 0.717) is 41.0 Å². The molecule has 1 atom stereocenters. The summed E-state index contributed by atoms with van der Waals surface area (Å²) in [5.41, 5.74) is 3.26. The van der Waals surface area contributed by atoms with Gasteiger partial charge in [0.15, 0.2) is 5.17 Å². The quantitative estimate of drug-likeness (QED) is 0.444. The lowest BCUT2D eigenvalue weighted by Gasteiger charge is -2.38. The van der Waals surface area contributed by atoms with Gasteiger partial charge in [0, 0.05) is 49.1 Å². The van der Waals surface area contributed by atoms with Crippen molar-refractivity contribution in [2.45, 2.75) is 19.4 Å². The third-order valence-corrected chi connectivity index (χ3v) is 8.16. The number of esters is 1. The Morgan fingerprint density at radius 3 is 2.45 bits per heavy atom. The molecule has 0 aromatic heterocycles. The normalized spacial score (nSPS) is 19.1. The predicted molar refractivity (Wildman–Crippen MR) is 156 cm³/mol. The van der Waals surface area contributed by atoms with Crippen molar-refractivity contribution in [3.8, 4) is 11.5 Å². The van der Waals surface area contributed by atoms with Crippen molar-refractivity contribution in [3.63, 3.8) is 0 Å². The molecule has 3 heterocycles. The van der Waals surface area contributed by atoms with Gasteiger partial charge in [0.05, 0.1) is 44.6 Å².